The van der Waals surface area contributed by atoms with Gasteiger partial charge >= 0.3 is 0 Å². The van der Waals surface area contributed by atoms with Gasteiger partial charge in [0.05, 0.1) is 13.1 Å². The molecule has 0 radical (unpaired) electrons. The largest absolute Gasteiger partial charge is 0.488 e. The molecular weight excluding hydrogens is 328 g/mol. The SMILES string of the molecule is COCC1CCN(S(=O)(=O)N2CC(Oc3cccc(C)c3)C2)CC1. The van der Waals surface area contributed by atoms with Gasteiger partial charge in [-0.3, -0.25) is 0 Å². The molecule has 134 valence electrons. The molecule has 3 rings (SSSR count). The fourth-order valence-corrected chi connectivity index (χ4v) is 4.96. The van der Waals surface area contributed by atoms with Gasteiger partial charge in [0.1, 0.15) is 11.9 Å². The van der Waals surface area contributed by atoms with Crippen LogP contribution < -0.4 is 4.74 Å². The number of benzene rings is 1. The molecule has 2 heterocycles. The molecule has 0 saturated carbocycles. The van der Waals surface area contributed by atoms with Crippen LogP contribution in [0, 0.1) is 12.8 Å². The summed E-state index contributed by atoms with van der Waals surface area (Å²) >= 11 is 0. The van der Waals surface area contributed by atoms with E-state index in [9.17, 15) is 8.42 Å². The van der Waals surface area contributed by atoms with Gasteiger partial charge in [-0.05, 0) is 43.4 Å². The molecule has 7 heteroatoms. The molecule has 2 aliphatic rings. The van der Waals surface area contributed by atoms with Crippen LogP contribution in [0.5, 0.6) is 5.75 Å². The molecular formula is C17H26N2O4S. The molecule has 2 saturated heterocycles. The van der Waals surface area contributed by atoms with Crippen molar-refractivity contribution in [1.82, 2.24) is 8.61 Å². The van der Waals surface area contributed by atoms with Crippen LogP contribution >= 0.6 is 0 Å². The molecule has 0 aliphatic carbocycles. The second-order valence-corrected chi connectivity index (χ2v) is 8.61. The number of hydrogen-bond acceptors (Lipinski definition) is 4. The summed E-state index contributed by atoms with van der Waals surface area (Å²) in [6.07, 6.45) is 1.67. The third-order valence-electron chi connectivity index (χ3n) is 4.74. The van der Waals surface area contributed by atoms with Crippen LogP contribution in [-0.4, -0.2) is 63.0 Å². The minimum Gasteiger partial charge on any atom is -0.488 e. The van der Waals surface area contributed by atoms with E-state index in [1.54, 1.807) is 11.4 Å². The van der Waals surface area contributed by atoms with Crippen LogP contribution in [0.1, 0.15) is 18.4 Å². The maximum atomic E-state index is 12.6. The summed E-state index contributed by atoms with van der Waals surface area (Å²) in [4.78, 5) is 0. The van der Waals surface area contributed by atoms with Crippen LogP contribution in [-0.2, 0) is 14.9 Å². The summed E-state index contributed by atoms with van der Waals surface area (Å²) in [5.74, 6) is 1.27. The lowest BCUT2D eigenvalue weighted by atomic mass is 9.99. The number of ether oxygens (including phenoxy) is 2. The number of hydrogen-bond donors (Lipinski definition) is 0. The Kier molecular flexibility index (Phi) is 5.44. The Labute approximate surface area is 144 Å². The lowest BCUT2D eigenvalue weighted by Gasteiger charge is -2.42. The molecule has 0 aromatic heterocycles. The van der Waals surface area contributed by atoms with Crippen molar-refractivity contribution in [2.75, 3.05) is 39.9 Å². The maximum Gasteiger partial charge on any atom is 0.282 e. The molecule has 0 atom stereocenters. The Morgan fingerprint density at radius 1 is 1.17 bits per heavy atom. The van der Waals surface area contributed by atoms with E-state index in [4.69, 9.17) is 9.47 Å². The molecule has 0 N–H and O–H groups in total. The van der Waals surface area contributed by atoms with E-state index in [2.05, 4.69) is 0 Å². The Bertz CT molecular complexity index is 650. The summed E-state index contributed by atoms with van der Waals surface area (Å²) in [7, 11) is -1.66. The number of rotatable bonds is 6. The van der Waals surface area contributed by atoms with E-state index in [0.29, 0.717) is 38.7 Å². The minimum atomic E-state index is -3.35. The highest BCUT2D eigenvalue weighted by Crippen LogP contribution is 2.26. The van der Waals surface area contributed by atoms with Crippen molar-refractivity contribution in [3.05, 3.63) is 29.8 Å². The Hall–Kier alpha value is -1.15. The van der Waals surface area contributed by atoms with E-state index < -0.39 is 10.2 Å². The Balaban J connectivity index is 1.49. The molecule has 1 aromatic carbocycles. The average Bonchev–Trinajstić information content (AvgIpc) is 2.51. The molecule has 0 bridgehead atoms. The molecule has 24 heavy (non-hydrogen) atoms. The van der Waals surface area contributed by atoms with E-state index in [-0.39, 0.29) is 6.10 Å². The number of piperidine rings is 1. The number of nitrogens with zero attached hydrogens (tertiary/aromatic N) is 2. The van der Waals surface area contributed by atoms with Gasteiger partial charge in [0.15, 0.2) is 0 Å². The van der Waals surface area contributed by atoms with E-state index in [0.717, 1.165) is 24.2 Å². The predicted molar refractivity (Wildman–Crippen MR) is 92.3 cm³/mol. The monoisotopic (exact) mass is 354 g/mol. The fraction of sp³-hybridized carbons (Fsp3) is 0.647. The van der Waals surface area contributed by atoms with Gasteiger partial charge in [-0.1, -0.05) is 12.1 Å². The van der Waals surface area contributed by atoms with Crippen molar-refractivity contribution in [3.8, 4) is 5.75 Å². The van der Waals surface area contributed by atoms with Gasteiger partial charge in [-0.2, -0.15) is 17.0 Å². The van der Waals surface area contributed by atoms with Gasteiger partial charge in [0.2, 0.25) is 0 Å². The Morgan fingerprint density at radius 3 is 2.50 bits per heavy atom. The zero-order chi connectivity index (χ0) is 17.2. The number of methoxy groups -OCH3 is 1. The second kappa shape index (κ2) is 7.39. The molecule has 0 spiro atoms. The minimum absolute atomic E-state index is 0.0624. The first-order valence-corrected chi connectivity index (χ1v) is 9.86. The Morgan fingerprint density at radius 2 is 1.88 bits per heavy atom. The summed E-state index contributed by atoms with van der Waals surface area (Å²) in [6, 6.07) is 7.84. The van der Waals surface area contributed by atoms with Gasteiger partial charge in [-0.15, -0.1) is 0 Å². The van der Waals surface area contributed by atoms with Crippen molar-refractivity contribution in [3.63, 3.8) is 0 Å². The molecule has 2 fully saturated rings. The van der Waals surface area contributed by atoms with Gasteiger partial charge in [0, 0.05) is 26.8 Å². The smallest absolute Gasteiger partial charge is 0.282 e. The van der Waals surface area contributed by atoms with Crippen molar-refractivity contribution >= 4 is 10.2 Å². The third-order valence-corrected chi connectivity index (χ3v) is 6.70. The highest BCUT2D eigenvalue weighted by Gasteiger charge is 2.41. The predicted octanol–water partition coefficient (Wildman–Crippen LogP) is 1.66. The first kappa shape index (κ1) is 17.7. The van der Waals surface area contributed by atoms with E-state index in [1.165, 1.54) is 4.31 Å². The first-order chi connectivity index (χ1) is 11.5. The number of aryl methyl sites for hydroxylation is 1. The summed E-state index contributed by atoms with van der Waals surface area (Å²) in [5, 5.41) is 0. The zero-order valence-corrected chi connectivity index (χ0v) is 15.2. The summed E-state index contributed by atoms with van der Waals surface area (Å²) in [5.41, 5.74) is 1.13. The highest BCUT2D eigenvalue weighted by atomic mass is 32.2. The van der Waals surface area contributed by atoms with Gasteiger partial charge in [-0.25, -0.2) is 0 Å². The lowest BCUT2D eigenvalue weighted by molar-refractivity contribution is 0.0677. The first-order valence-electron chi connectivity index (χ1n) is 8.46. The van der Waals surface area contributed by atoms with Crippen molar-refractivity contribution in [1.29, 1.82) is 0 Å². The molecule has 0 amide bonds. The van der Waals surface area contributed by atoms with Gasteiger partial charge < -0.3 is 9.47 Å². The zero-order valence-electron chi connectivity index (χ0n) is 14.3. The molecule has 2 aliphatic heterocycles. The van der Waals surface area contributed by atoms with Crippen LogP contribution in [0.4, 0.5) is 0 Å². The average molecular weight is 354 g/mol. The van der Waals surface area contributed by atoms with E-state index >= 15 is 0 Å². The van der Waals surface area contributed by atoms with Crippen LogP contribution in [0.2, 0.25) is 0 Å². The molecule has 0 unspecified atom stereocenters. The molecule has 1 aromatic rings. The highest BCUT2D eigenvalue weighted by molar-refractivity contribution is 7.86. The van der Waals surface area contributed by atoms with Crippen molar-refractivity contribution < 1.29 is 17.9 Å². The van der Waals surface area contributed by atoms with Gasteiger partial charge in [0.25, 0.3) is 10.2 Å². The van der Waals surface area contributed by atoms with Crippen molar-refractivity contribution in [2.24, 2.45) is 5.92 Å². The van der Waals surface area contributed by atoms with Crippen LogP contribution in [0.25, 0.3) is 0 Å². The summed E-state index contributed by atoms with van der Waals surface area (Å²) in [6.45, 7) is 4.73. The topological polar surface area (TPSA) is 59.1 Å². The molecule has 6 nitrogen and oxygen atoms in total. The maximum absolute atomic E-state index is 12.6. The van der Waals surface area contributed by atoms with Crippen LogP contribution in [0.3, 0.4) is 0 Å². The third kappa shape index (κ3) is 3.91. The van der Waals surface area contributed by atoms with Crippen molar-refractivity contribution in [2.45, 2.75) is 25.9 Å². The van der Waals surface area contributed by atoms with Crippen LogP contribution in [0.15, 0.2) is 24.3 Å². The lowest BCUT2D eigenvalue weighted by Crippen LogP contribution is -2.60. The second-order valence-electron chi connectivity index (χ2n) is 6.68. The normalized spacial score (nSPS) is 21.6. The fourth-order valence-electron chi connectivity index (χ4n) is 3.25. The standard InChI is InChI=1S/C17H26N2O4S/c1-14-4-3-5-16(10-14)23-17-11-19(12-17)24(20,21)18-8-6-15(7-9-18)13-22-2/h3-5,10,15,17H,6-9,11-13H2,1-2H3. The van der Waals surface area contributed by atoms with E-state index in [1.807, 2.05) is 31.2 Å². The summed E-state index contributed by atoms with van der Waals surface area (Å²) < 4.78 is 39.4. The quantitative estimate of drug-likeness (QED) is 0.780.